The van der Waals surface area contributed by atoms with Gasteiger partial charge in [-0.3, -0.25) is 4.79 Å². The van der Waals surface area contributed by atoms with Crippen molar-refractivity contribution in [1.29, 1.82) is 0 Å². The molecule has 0 bridgehead atoms. The third-order valence-electron chi connectivity index (χ3n) is 3.74. The fourth-order valence-corrected chi connectivity index (χ4v) is 3.57. The van der Waals surface area contributed by atoms with Crippen LogP contribution in [0.5, 0.6) is 5.75 Å². The lowest BCUT2D eigenvalue weighted by Crippen LogP contribution is -2.12. The second kappa shape index (κ2) is 7.80. The molecule has 1 aromatic heterocycles. The summed E-state index contributed by atoms with van der Waals surface area (Å²) in [7, 11) is 3.53. The van der Waals surface area contributed by atoms with Crippen LogP contribution in [0.3, 0.4) is 0 Å². The van der Waals surface area contributed by atoms with E-state index in [1.165, 1.54) is 0 Å². The number of nitrogens with zero attached hydrogens (tertiary/aromatic N) is 2. The number of aromatic nitrogens is 2. The summed E-state index contributed by atoms with van der Waals surface area (Å²) in [5.41, 5.74) is 2.71. The number of carbonyl (C=O) groups is 1. The van der Waals surface area contributed by atoms with E-state index in [0.717, 1.165) is 16.2 Å². The van der Waals surface area contributed by atoms with E-state index >= 15 is 0 Å². The molecule has 0 saturated heterocycles. The fourth-order valence-electron chi connectivity index (χ4n) is 2.45. The molecule has 0 fully saturated rings. The number of benzene rings is 2. The molecule has 3 aromatic rings. The average molecular weight is 376 g/mol. The summed E-state index contributed by atoms with van der Waals surface area (Å²) in [5.74, 6) is 1.12. The highest BCUT2D eigenvalue weighted by Crippen LogP contribution is 2.27. The molecule has 0 spiro atoms. The third-order valence-corrected chi connectivity index (χ3v) is 5.09. The highest BCUT2D eigenvalue weighted by molar-refractivity contribution is 7.99. The minimum atomic E-state index is -0.0596. The minimum absolute atomic E-state index is 0.0596. The van der Waals surface area contributed by atoms with Crippen molar-refractivity contribution in [2.45, 2.75) is 11.6 Å². The van der Waals surface area contributed by atoms with Crippen molar-refractivity contribution < 1.29 is 9.53 Å². The van der Waals surface area contributed by atoms with Gasteiger partial charge in [-0.1, -0.05) is 35.5 Å². The molecule has 0 saturated carbocycles. The summed E-state index contributed by atoms with van der Waals surface area (Å²) < 4.78 is 7.19. The second-order valence-electron chi connectivity index (χ2n) is 5.44. The van der Waals surface area contributed by atoms with Crippen molar-refractivity contribution in [3.8, 4) is 5.75 Å². The molecule has 5 nitrogen and oxygen atoms in total. The van der Waals surface area contributed by atoms with E-state index < -0.39 is 0 Å². The molecule has 25 heavy (non-hydrogen) atoms. The number of halogens is 1. The minimum Gasteiger partial charge on any atom is -0.495 e. The Kier molecular flexibility index (Phi) is 5.50. The lowest BCUT2D eigenvalue weighted by Gasteiger charge is -2.08. The summed E-state index contributed by atoms with van der Waals surface area (Å²) in [4.78, 5) is 16.7. The molecule has 0 unspecified atom stereocenters. The zero-order valence-electron chi connectivity index (χ0n) is 14.0. The van der Waals surface area contributed by atoms with Gasteiger partial charge >= 0.3 is 0 Å². The molecule has 0 aliphatic heterocycles. The van der Waals surface area contributed by atoms with E-state index in [1.54, 1.807) is 37.1 Å². The van der Waals surface area contributed by atoms with Crippen LogP contribution in [0, 0.1) is 0 Å². The van der Waals surface area contributed by atoms with Gasteiger partial charge in [-0.25, -0.2) is 4.98 Å². The Labute approximate surface area is 155 Å². The first-order valence-corrected chi connectivity index (χ1v) is 9.12. The summed E-state index contributed by atoms with van der Waals surface area (Å²) in [6.45, 7) is 0. The number of hydrogen-bond donors (Lipinski definition) is 1. The van der Waals surface area contributed by atoms with Crippen molar-refractivity contribution in [3.05, 3.63) is 47.5 Å². The van der Waals surface area contributed by atoms with Gasteiger partial charge in [0.05, 0.1) is 23.2 Å². The standard InChI is InChI=1S/C18H18ClN3O2S/c1-22-15-6-4-3-5-14(15)21-18(22)25-10-9-17(23)20-12-7-8-13(19)16(11-12)24-2/h3-8,11H,9-10H2,1-2H3,(H,20,23). The number of nitrogens with one attached hydrogen (secondary N) is 1. The van der Waals surface area contributed by atoms with E-state index in [0.29, 0.717) is 28.6 Å². The summed E-state index contributed by atoms with van der Waals surface area (Å²) in [6.07, 6.45) is 0.388. The molecule has 0 radical (unpaired) electrons. The Bertz CT molecular complexity index is 910. The highest BCUT2D eigenvalue weighted by atomic mass is 35.5. The number of hydrogen-bond acceptors (Lipinski definition) is 4. The van der Waals surface area contributed by atoms with E-state index in [-0.39, 0.29) is 5.91 Å². The molecule has 1 amide bonds. The Balaban J connectivity index is 1.56. The van der Waals surface area contributed by atoms with Crippen molar-refractivity contribution in [3.63, 3.8) is 0 Å². The lowest BCUT2D eigenvalue weighted by atomic mass is 10.3. The number of fused-ring (bicyclic) bond motifs is 1. The number of carbonyl (C=O) groups excluding carboxylic acids is 1. The van der Waals surface area contributed by atoms with Crippen LogP contribution in [0.1, 0.15) is 6.42 Å². The maximum atomic E-state index is 12.1. The van der Waals surface area contributed by atoms with E-state index in [9.17, 15) is 4.79 Å². The number of amides is 1. The maximum Gasteiger partial charge on any atom is 0.225 e. The summed E-state index contributed by atoms with van der Waals surface area (Å²) in [5, 5.41) is 4.27. The molecular formula is C18H18ClN3O2S. The molecule has 3 rings (SSSR count). The fraction of sp³-hybridized carbons (Fsp3) is 0.222. The van der Waals surface area contributed by atoms with Crippen molar-refractivity contribution in [2.24, 2.45) is 7.05 Å². The van der Waals surface area contributed by atoms with Crippen molar-refractivity contribution in [1.82, 2.24) is 9.55 Å². The SMILES string of the molecule is COc1cc(NC(=O)CCSc2nc3ccccc3n2C)ccc1Cl. The van der Waals surface area contributed by atoms with Gasteiger partial charge in [-0.05, 0) is 24.3 Å². The van der Waals surface area contributed by atoms with Gasteiger partial charge < -0.3 is 14.6 Å². The predicted molar refractivity (Wildman–Crippen MR) is 103 cm³/mol. The first-order chi connectivity index (χ1) is 12.1. The molecule has 130 valence electrons. The zero-order chi connectivity index (χ0) is 17.8. The van der Waals surface area contributed by atoms with Gasteiger partial charge in [0.15, 0.2) is 5.16 Å². The quantitative estimate of drug-likeness (QED) is 0.650. The summed E-state index contributed by atoms with van der Waals surface area (Å²) in [6, 6.07) is 13.1. The van der Waals surface area contributed by atoms with Gasteiger partial charge in [0.1, 0.15) is 5.75 Å². The molecule has 0 aliphatic rings. The van der Waals surface area contributed by atoms with Crippen LogP contribution in [0.15, 0.2) is 47.6 Å². The van der Waals surface area contributed by atoms with Crippen molar-refractivity contribution in [2.75, 3.05) is 18.2 Å². The second-order valence-corrected chi connectivity index (χ2v) is 6.91. The average Bonchev–Trinajstić information content (AvgIpc) is 2.93. The molecule has 7 heteroatoms. The van der Waals surface area contributed by atoms with Crippen molar-refractivity contribution >= 4 is 46.0 Å². The van der Waals surface area contributed by atoms with E-state index in [4.69, 9.17) is 16.3 Å². The molecule has 2 aromatic carbocycles. The first kappa shape index (κ1) is 17.6. The number of aryl methyl sites for hydroxylation is 1. The topological polar surface area (TPSA) is 56.1 Å². The first-order valence-electron chi connectivity index (χ1n) is 7.76. The number of anilines is 1. The largest absolute Gasteiger partial charge is 0.495 e. The molecular weight excluding hydrogens is 358 g/mol. The number of para-hydroxylation sites is 2. The number of methoxy groups -OCH3 is 1. The Morgan fingerprint density at radius 2 is 2.12 bits per heavy atom. The zero-order valence-corrected chi connectivity index (χ0v) is 15.5. The summed E-state index contributed by atoms with van der Waals surface area (Å²) >= 11 is 7.55. The molecule has 0 aliphatic carbocycles. The number of ether oxygens (including phenoxy) is 1. The Morgan fingerprint density at radius 3 is 2.88 bits per heavy atom. The third kappa shape index (κ3) is 4.08. The van der Waals surface area contributed by atoms with Crippen LogP contribution in [-0.2, 0) is 11.8 Å². The highest BCUT2D eigenvalue weighted by Gasteiger charge is 2.10. The normalized spacial score (nSPS) is 10.8. The maximum absolute atomic E-state index is 12.1. The Morgan fingerprint density at radius 1 is 1.32 bits per heavy atom. The van der Waals surface area contributed by atoms with Crippen LogP contribution in [0.4, 0.5) is 5.69 Å². The molecule has 0 atom stereocenters. The van der Waals surface area contributed by atoms with E-state index in [2.05, 4.69) is 10.3 Å². The predicted octanol–water partition coefficient (Wildman–Crippen LogP) is 4.36. The number of rotatable bonds is 6. The Hall–Kier alpha value is -2.18. The van der Waals surface area contributed by atoms with Gasteiger partial charge in [0.2, 0.25) is 5.91 Å². The lowest BCUT2D eigenvalue weighted by molar-refractivity contribution is -0.115. The molecule has 1 heterocycles. The van der Waals surface area contributed by atoms with Gasteiger partial charge in [-0.15, -0.1) is 0 Å². The van der Waals surface area contributed by atoms with Gasteiger partial charge in [0, 0.05) is 31.0 Å². The smallest absolute Gasteiger partial charge is 0.225 e. The number of imidazole rings is 1. The van der Waals surface area contributed by atoms with Crippen LogP contribution in [-0.4, -0.2) is 28.3 Å². The van der Waals surface area contributed by atoms with Crippen LogP contribution in [0.25, 0.3) is 11.0 Å². The van der Waals surface area contributed by atoms with Crippen LogP contribution in [0.2, 0.25) is 5.02 Å². The van der Waals surface area contributed by atoms with Gasteiger partial charge in [-0.2, -0.15) is 0 Å². The van der Waals surface area contributed by atoms with E-state index in [1.807, 2.05) is 35.9 Å². The number of thioether (sulfide) groups is 1. The molecule has 1 N–H and O–H groups in total. The van der Waals surface area contributed by atoms with Crippen LogP contribution >= 0.6 is 23.4 Å². The van der Waals surface area contributed by atoms with Crippen LogP contribution < -0.4 is 10.1 Å². The monoisotopic (exact) mass is 375 g/mol. The van der Waals surface area contributed by atoms with Gasteiger partial charge in [0.25, 0.3) is 0 Å².